The number of imidazole rings is 1. The number of nitrogens with one attached hydrogen (secondary N) is 1. The van der Waals surface area contributed by atoms with E-state index < -0.39 is 5.82 Å². The van der Waals surface area contributed by atoms with Crippen molar-refractivity contribution >= 4 is 17.5 Å². The van der Waals surface area contributed by atoms with Crippen molar-refractivity contribution in [2.45, 2.75) is 19.4 Å². The fraction of sp³-hybridized carbons (Fsp3) is 0.375. The fourth-order valence-corrected chi connectivity index (χ4v) is 2.86. The van der Waals surface area contributed by atoms with E-state index >= 15 is 0 Å². The number of benzene rings is 1. The summed E-state index contributed by atoms with van der Waals surface area (Å²) >= 11 is 5.78. The lowest BCUT2D eigenvalue weighted by Gasteiger charge is -2.34. The van der Waals surface area contributed by atoms with E-state index in [-0.39, 0.29) is 23.4 Å². The van der Waals surface area contributed by atoms with Gasteiger partial charge in [0.25, 0.3) is 0 Å². The second-order valence-electron chi connectivity index (χ2n) is 5.55. The number of aromatic nitrogens is 2. The van der Waals surface area contributed by atoms with E-state index in [1.165, 1.54) is 12.1 Å². The van der Waals surface area contributed by atoms with E-state index in [0.717, 1.165) is 5.69 Å². The molecule has 1 aliphatic rings. The molecule has 1 N–H and O–H groups in total. The summed E-state index contributed by atoms with van der Waals surface area (Å²) in [5, 5.41) is 0.0236. The number of hydrogen-bond acceptors (Lipinski definition) is 3. The Morgan fingerprint density at radius 1 is 1.57 bits per heavy atom. The molecule has 2 heterocycles. The predicted molar refractivity (Wildman–Crippen MR) is 83.7 cm³/mol. The molecule has 1 unspecified atom stereocenters. The third-order valence-electron chi connectivity index (χ3n) is 3.83. The molecular weight excluding hydrogens is 321 g/mol. The van der Waals surface area contributed by atoms with E-state index in [0.29, 0.717) is 31.1 Å². The normalized spacial score (nSPS) is 18.2. The molecule has 1 fully saturated rings. The summed E-state index contributed by atoms with van der Waals surface area (Å²) in [5.74, 6) is 0.167. The van der Waals surface area contributed by atoms with Crippen molar-refractivity contribution in [1.29, 1.82) is 0 Å². The molecule has 1 aromatic heterocycles. The van der Waals surface area contributed by atoms with Crippen LogP contribution in [0.2, 0.25) is 5.02 Å². The topological polar surface area (TPSA) is 58.2 Å². The summed E-state index contributed by atoms with van der Waals surface area (Å²) in [4.78, 5) is 21.9. The molecule has 0 radical (unpaired) electrons. The van der Waals surface area contributed by atoms with Gasteiger partial charge in [-0.1, -0.05) is 17.7 Å². The molecule has 1 aromatic carbocycles. The lowest BCUT2D eigenvalue weighted by Crippen LogP contribution is -2.44. The average Bonchev–Trinajstić information content (AvgIpc) is 2.97. The zero-order valence-electron chi connectivity index (χ0n) is 12.7. The maximum atomic E-state index is 13.2. The van der Waals surface area contributed by atoms with Gasteiger partial charge in [0.05, 0.1) is 24.7 Å². The van der Waals surface area contributed by atoms with Gasteiger partial charge in [-0.2, -0.15) is 0 Å². The number of morpholine rings is 1. The van der Waals surface area contributed by atoms with Crippen molar-refractivity contribution in [3.8, 4) is 0 Å². The SMILES string of the molecule is Cc1cnc(C2COCCN2C(=O)Cc2ccc(F)c(Cl)c2)[nH]1. The molecule has 1 amide bonds. The summed E-state index contributed by atoms with van der Waals surface area (Å²) < 4.78 is 18.7. The lowest BCUT2D eigenvalue weighted by atomic mass is 10.1. The van der Waals surface area contributed by atoms with Crippen LogP contribution in [0.3, 0.4) is 0 Å². The van der Waals surface area contributed by atoms with Crippen LogP contribution in [0.1, 0.15) is 23.1 Å². The quantitative estimate of drug-likeness (QED) is 0.936. The largest absolute Gasteiger partial charge is 0.377 e. The first-order valence-corrected chi connectivity index (χ1v) is 7.75. The molecule has 23 heavy (non-hydrogen) atoms. The maximum Gasteiger partial charge on any atom is 0.227 e. The number of carbonyl (C=O) groups is 1. The number of halogens is 2. The van der Waals surface area contributed by atoms with Gasteiger partial charge in [0.1, 0.15) is 17.7 Å². The minimum absolute atomic E-state index is 0.0236. The fourth-order valence-electron chi connectivity index (χ4n) is 2.66. The zero-order valence-corrected chi connectivity index (χ0v) is 13.4. The molecule has 1 atom stereocenters. The highest BCUT2D eigenvalue weighted by Gasteiger charge is 2.30. The Morgan fingerprint density at radius 2 is 2.39 bits per heavy atom. The van der Waals surface area contributed by atoms with Crippen molar-refractivity contribution in [2.75, 3.05) is 19.8 Å². The summed E-state index contributed by atoms with van der Waals surface area (Å²) in [6.07, 6.45) is 1.89. The number of H-pyrrole nitrogens is 1. The first-order valence-electron chi connectivity index (χ1n) is 7.37. The van der Waals surface area contributed by atoms with Crippen LogP contribution in [0, 0.1) is 12.7 Å². The number of aromatic amines is 1. The monoisotopic (exact) mass is 337 g/mol. The Balaban J connectivity index is 1.77. The van der Waals surface area contributed by atoms with Crippen molar-refractivity contribution in [3.63, 3.8) is 0 Å². The first-order chi connectivity index (χ1) is 11.0. The van der Waals surface area contributed by atoms with Crippen molar-refractivity contribution < 1.29 is 13.9 Å². The van der Waals surface area contributed by atoms with Gasteiger partial charge in [0, 0.05) is 18.4 Å². The van der Waals surface area contributed by atoms with E-state index in [1.54, 1.807) is 17.2 Å². The zero-order chi connectivity index (χ0) is 16.4. The second-order valence-corrected chi connectivity index (χ2v) is 5.96. The van der Waals surface area contributed by atoms with Gasteiger partial charge in [-0.25, -0.2) is 9.37 Å². The van der Waals surface area contributed by atoms with Crippen LogP contribution in [0.4, 0.5) is 4.39 Å². The number of amides is 1. The summed E-state index contributed by atoms with van der Waals surface area (Å²) in [7, 11) is 0. The highest BCUT2D eigenvalue weighted by Crippen LogP contribution is 2.24. The van der Waals surface area contributed by atoms with Gasteiger partial charge in [-0.05, 0) is 24.6 Å². The summed E-state index contributed by atoms with van der Waals surface area (Å²) in [6, 6.07) is 4.10. The van der Waals surface area contributed by atoms with Crippen LogP contribution >= 0.6 is 11.6 Å². The minimum atomic E-state index is -0.488. The van der Waals surface area contributed by atoms with Gasteiger partial charge >= 0.3 is 0 Å². The molecular formula is C16H17ClFN3O2. The molecule has 2 aromatic rings. The summed E-state index contributed by atoms with van der Waals surface area (Å²) in [6.45, 7) is 3.31. The van der Waals surface area contributed by atoms with Crippen LogP contribution in [0.5, 0.6) is 0 Å². The summed E-state index contributed by atoms with van der Waals surface area (Å²) in [5.41, 5.74) is 1.62. The van der Waals surface area contributed by atoms with E-state index in [1.807, 2.05) is 6.92 Å². The number of rotatable bonds is 3. The maximum absolute atomic E-state index is 13.2. The molecule has 0 bridgehead atoms. The van der Waals surface area contributed by atoms with Crippen LogP contribution in [-0.2, 0) is 16.0 Å². The number of carbonyl (C=O) groups excluding carboxylic acids is 1. The van der Waals surface area contributed by atoms with Crippen molar-refractivity contribution in [1.82, 2.24) is 14.9 Å². The van der Waals surface area contributed by atoms with Crippen LogP contribution in [0.25, 0.3) is 0 Å². The number of hydrogen-bond donors (Lipinski definition) is 1. The molecule has 0 spiro atoms. The van der Waals surface area contributed by atoms with Crippen LogP contribution < -0.4 is 0 Å². The van der Waals surface area contributed by atoms with E-state index in [9.17, 15) is 9.18 Å². The Bertz CT molecular complexity index is 719. The molecule has 3 rings (SSSR count). The molecule has 5 nitrogen and oxygen atoms in total. The van der Waals surface area contributed by atoms with Gasteiger partial charge in [-0.15, -0.1) is 0 Å². The highest BCUT2D eigenvalue weighted by molar-refractivity contribution is 6.30. The van der Waals surface area contributed by atoms with Gasteiger partial charge in [0.15, 0.2) is 0 Å². The number of ether oxygens (including phenoxy) is 1. The van der Waals surface area contributed by atoms with E-state index in [4.69, 9.17) is 16.3 Å². The predicted octanol–water partition coefficient (Wildman–Crippen LogP) is 2.65. The second kappa shape index (κ2) is 6.68. The Labute approximate surface area is 138 Å². The van der Waals surface area contributed by atoms with E-state index in [2.05, 4.69) is 9.97 Å². The molecule has 1 saturated heterocycles. The standard InChI is InChI=1S/C16H17ClFN3O2/c1-10-8-19-16(20-10)14-9-23-5-4-21(14)15(22)7-11-2-3-13(18)12(17)6-11/h2-3,6,8,14H,4-5,7,9H2,1H3,(H,19,20). The molecule has 0 aliphatic carbocycles. The molecule has 0 saturated carbocycles. The van der Waals surface area contributed by atoms with Gasteiger partial charge in [-0.3, -0.25) is 4.79 Å². The van der Waals surface area contributed by atoms with Gasteiger partial charge in [0.2, 0.25) is 5.91 Å². The van der Waals surface area contributed by atoms with Crippen molar-refractivity contribution in [3.05, 3.63) is 52.3 Å². The first kappa shape index (κ1) is 16.0. The van der Waals surface area contributed by atoms with Crippen molar-refractivity contribution in [2.24, 2.45) is 0 Å². The Hall–Kier alpha value is -1.92. The molecule has 7 heteroatoms. The smallest absolute Gasteiger partial charge is 0.227 e. The molecule has 122 valence electrons. The van der Waals surface area contributed by atoms with Gasteiger partial charge < -0.3 is 14.6 Å². The minimum Gasteiger partial charge on any atom is -0.377 e. The van der Waals surface area contributed by atoms with Crippen LogP contribution in [0.15, 0.2) is 24.4 Å². The number of nitrogens with zero attached hydrogens (tertiary/aromatic N) is 2. The Morgan fingerprint density at radius 3 is 3.09 bits per heavy atom. The Kier molecular flexibility index (Phi) is 4.63. The number of aryl methyl sites for hydroxylation is 1. The third kappa shape index (κ3) is 3.54. The highest BCUT2D eigenvalue weighted by atomic mass is 35.5. The lowest BCUT2D eigenvalue weighted by molar-refractivity contribution is -0.139. The third-order valence-corrected chi connectivity index (χ3v) is 4.12. The van der Waals surface area contributed by atoms with Crippen LogP contribution in [-0.4, -0.2) is 40.5 Å². The molecule has 1 aliphatic heterocycles. The average molecular weight is 338 g/mol.